The summed E-state index contributed by atoms with van der Waals surface area (Å²) in [5.41, 5.74) is 8.95. The van der Waals surface area contributed by atoms with E-state index < -0.39 is 0 Å². The molecule has 0 spiro atoms. The summed E-state index contributed by atoms with van der Waals surface area (Å²) in [4.78, 5) is 0. The van der Waals surface area contributed by atoms with Gasteiger partial charge in [0.2, 0.25) is 0 Å². The molecule has 0 bridgehead atoms. The third kappa shape index (κ3) is 4.66. The summed E-state index contributed by atoms with van der Waals surface area (Å²) in [6.45, 7) is 5.44. The van der Waals surface area contributed by atoms with Crippen LogP contribution in [-0.4, -0.2) is 13.2 Å². The Morgan fingerprint density at radius 2 is 1.62 bits per heavy atom. The van der Waals surface area contributed by atoms with E-state index in [1.807, 2.05) is 24.3 Å². The predicted octanol–water partition coefficient (Wildman–Crippen LogP) is 3.87. The molecule has 0 unspecified atom stereocenters. The fourth-order valence-corrected chi connectivity index (χ4v) is 2.37. The van der Waals surface area contributed by atoms with Crippen LogP contribution >= 0.6 is 11.6 Å². The Hall–Kier alpha value is -1.71. The fraction of sp³-hybridized carbons (Fsp3) is 0.294. The van der Waals surface area contributed by atoms with E-state index in [4.69, 9.17) is 26.8 Å². The van der Waals surface area contributed by atoms with Gasteiger partial charge in [0.1, 0.15) is 24.7 Å². The predicted molar refractivity (Wildman–Crippen MR) is 86.2 cm³/mol. The van der Waals surface area contributed by atoms with Crippen molar-refractivity contribution in [2.75, 3.05) is 13.2 Å². The first-order valence-corrected chi connectivity index (χ1v) is 7.28. The summed E-state index contributed by atoms with van der Waals surface area (Å²) >= 11 is 5.93. The van der Waals surface area contributed by atoms with E-state index in [2.05, 4.69) is 19.9 Å². The molecule has 4 heteroatoms. The smallest absolute Gasteiger partial charge is 0.124 e. The minimum Gasteiger partial charge on any atom is -0.490 e. The number of hydrogen-bond acceptors (Lipinski definition) is 3. The van der Waals surface area contributed by atoms with Crippen LogP contribution in [0.3, 0.4) is 0 Å². The molecule has 2 rings (SSSR count). The number of benzene rings is 2. The number of ether oxygens (including phenoxy) is 2. The SMILES string of the molecule is Cc1cc(C)cc(OCCOc2ccc(Cl)cc2CN)c1. The van der Waals surface area contributed by atoms with Crippen molar-refractivity contribution in [1.82, 2.24) is 0 Å². The molecule has 21 heavy (non-hydrogen) atoms. The van der Waals surface area contributed by atoms with Crippen LogP contribution < -0.4 is 15.2 Å². The van der Waals surface area contributed by atoms with Gasteiger partial charge in [0.15, 0.2) is 0 Å². The molecular formula is C17H20ClNO2. The first-order chi connectivity index (χ1) is 10.1. The fourth-order valence-electron chi connectivity index (χ4n) is 2.18. The van der Waals surface area contributed by atoms with Crippen LogP contribution in [0.15, 0.2) is 36.4 Å². The molecule has 0 heterocycles. The Kier molecular flexibility index (Phi) is 5.48. The molecule has 0 saturated heterocycles. The average molecular weight is 306 g/mol. The number of aryl methyl sites for hydroxylation is 2. The van der Waals surface area contributed by atoms with Gasteiger partial charge in [0.25, 0.3) is 0 Å². The Morgan fingerprint density at radius 1 is 0.952 bits per heavy atom. The standard InChI is InChI=1S/C17H20ClNO2/c1-12-7-13(2)9-16(8-12)20-5-6-21-17-4-3-15(18)10-14(17)11-19/h3-4,7-10H,5-6,11,19H2,1-2H3. The Labute approximate surface area is 130 Å². The van der Waals surface area contributed by atoms with Crippen LogP contribution in [0.5, 0.6) is 11.5 Å². The van der Waals surface area contributed by atoms with Gasteiger partial charge in [0.05, 0.1) is 0 Å². The summed E-state index contributed by atoms with van der Waals surface area (Å²) < 4.78 is 11.4. The van der Waals surface area contributed by atoms with Crippen molar-refractivity contribution in [3.8, 4) is 11.5 Å². The second-order valence-corrected chi connectivity index (χ2v) is 5.41. The monoisotopic (exact) mass is 305 g/mol. The minimum absolute atomic E-state index is 0.397. The maximum Gasteiger partial charge on any atom is 0.124 e. The van der Waals surface area contributed by atoms with Crippen LogP contribution in [-0.2, 0) is 6.54 Å². The van der Waals surface area contributed by atoms with E-state index >= 15 is 0 Å². The van der Waals surface area contributed by atoms with Gasteiger partial charge in [-0.3, -0.25) is 0 Å². The van der Waals surface area contributed by atoms with E-state index in [0.29, 0.717) is 24.8 Å². The number of hydrogen-bond donors (Lipinski definition) is 1. The molecule has 2 aromatic rings. The van der Waals surface area contributed by atoms with Crippen molar-refractivity contribution in [2.45, 2.75) is 20.4 Å². The summed E-state index contributed by atoms with van der Waals surface area (Å²) in [7, 11) is 0. The molecule has 0 saturated carbocycles. The Bertz CT molecular complexity index is 593. The lowest BCUT2D eigenvalue weighted by molar-refractivity contribution is 0.216. The van der Waals surface area contributed by atoms with Crippen LogP contribution in [0.4, 0.5) is 0 Å². The second-order valence-electron chi connectivity index (χ2n) is 4.98. The minimum atomic E-state index is 0.397. The highest BCUT2D eigenvalue weighted by atomic mass is 35.5. The maximum absolute atomic E-state index is 5.93. The first kappa shape index (κ1) is 15.7. The van der Waals surface area contributed by atoms with Crippen molar-refractivity contribution in [3.63, 3.8) is 0 Å². The summed E-state index contributed by atoms with van der Waals surface area (Å²) in [6.07, 6.45) is 0. The highest BCUT2D eigenvalue weighted by molar-refractivity contribution is 6.30. The van der Waals surface area contributed by atoms with E-state index in [-0.39, 0.29) is 0 Å². The van der Waals surface area contributed by atoms with E-state index in [1.165, 1.54) is 11.1 Å². The van der Waals surface area contributed by atoms with Gasteiger partial charge < -0.3 is 15.2 Å². The third-order valence-corrected chi connectivity index (χ3v) is 3.28. The van der Waals surface area contributed by atoms with Gasteiger partial charge >= 0.3 is 0 Å². The van der Waals surface area contributed by atoms with Crippen molar-refractivity contribution >= 4 is 11.6 Å². The molecule has 0 aliphatic rings. The van der Waals surface area contributed by atoms with Gasteiger partial charge in [-0.25, -0.2) is 0 Å². The zero-order valence-corrected chi connectivity index (χ0v) is 13.1. The highest BCUT2D eigenvalue weighted by Crippen LogP contribution is 2.22. The largest absolute Gasteiger partial charge is 0.490 e. The molecule has 2 aromatic carbocycles. The summed E-state index contributed by atoms with van der Waals surface area (Å²) in [5, 5.41) is 0.661. The lowest BCUT2D eigenvalue weighted by atomic mass is 10.1. The molecule has 0 aromatic heterocycles. The first-order valence-electron chi connectivity index (χ1n) is 6.91. The molecule has 0 radical (unpaired) electrons. The number of nitrogens with two attached hydrogens (primary N) is 1. The lowest BCUT2D eigenvalue weighted by Crippen LogP contribution is -2.11. The van der Waals surface area contributed by atoms with Crippen molar-refractivity contribution in [1.29, 1.82) is 0 Å². The van der Waals surface area contributed by atoms with Gasteiger partial charge in [-0.15, -0.1) is 0 Å². The second kappa shape index (κ2) is 7.34. The third-order valence-electron chi connectivity index (χ3n) is 3.05. The molecule has 0 aliphatic carbocycles. The molecule has 112 valence electrons. The molecule has 3 nitrogen and oxygen atoms in total. The summed E-state index contributed by atoms with van der Waals surface area (Å²) in [6, 6.07) is 11.6. The van der Waals surface area contributed by atoms with Gasteiger partial charge in [-0.05, 0) is 55.3 Å². The van der Waals surface area contributed by atoms with Gasteiger partial charge in [0, 0.05) is 17.1 Å². The van der Waals surface area contributed by atoms with E-state index in [0.717, 1.165) is 17.1 Å². The van der Waals surface area contributed by atoms with Crippen molar-refractivity contribution in [3.05, 3.63) is 58.1 Å². The summed E-state index contributed by atoms with van der Waals surface area (Å²) in [5.74, 6) is 1.62. The van der Waals surface area contributed by atoms with Crippen LogP contribution in [0.25, 0.3) is 0 Å². The normalized spacial score (nSPS) is 10.5. The van der Waals surface area contributed by atoms with E-state index in [9.17, 15) is 0 Å². The van der Waals surface area contributed by atoms with Crippen molar-refractivity contribution < 1.29 is 9.47 Å². The van der Waals surface area contributed by atoms with Gasteiger partial charge in [-0.2, -0.15) is 0 Å². The van der Waals surface area contributed by atoms with Crippen LogP contribution in [0.1, 0.15) is 16.7 Å². The lowest BCUT2D eigenvalue weighted by Gasteiger charge is -2.12. The molecular weight excluding hydrogens is 286 g/mol. The number of halogens is 1. The van der Waals surface area contributed by atoms with Crippen LogP contribution in [0.2, 0.25) is 5.02 Å². The Morgan fingerprint density at radius 3 is 2.29 bits per heavy atom. The van der Waals surface area contributed by atoms with E-state index in [1.54, 1.807) is 6.07 Å². The van der Waals surface area contributed by atoms with Crippen molar-refractivity contribution in [2.24, 2.45) is 5.73 Å². The highest BCUT2D eigenvalue weighted by Gasteiger charge is 2.03. The van der Waals surface area contributed by atoms with Gasteiger partial charge in [-0.1, -0.05) is 17.7 Å². The molecule has 0 fully saturated rings. The molecule has 0 amide bonds. The quantitative estimate of drug-likeness (QED) is 0.824. The zero-order chi connectivity index (χ0) is 15.2. The Balaban J connectivity index is 1.87. The molecule has 0 aliphatic heterocycles. The van der Waals surface area contributed by atoms with Crippen LogP contribution in [0, 0.1) is 13.8 Å². The molecule has 2 N–H and O–H groups in total. The molecule has 0 atom stereocenters. The topological polar surface area (TPSA) is 44.5 Å². The zero-order valence-electron chi connectivity index (χ0n) is 12.4. The maximum atomic E-state index is 5.93. The number of rotatable bonds is 6. The average Bonchev–Trinajstić information content (AvgIpc) is 2.43.